The van der Waals surface area contributed by atoms with Gasteiger partial charge in [0.15, 0.2) is 0 Å². The van der Waals surface area contributed by atoms with Gasteiger partial charge in [0.2, 0.25) is 5.91 Å². The van der Waals surface area contributed by atoms with Crippen LogP contribution in [-0.4, -0.2) is 76.3 Å². The molecule has 2 aliphatic rings. The Kier molecular flexibility index (Phi) is 8.28. The second kappa shape index (κ2) is 11.0. The van der Waals surface area contributed by atoms with E-state index in [0.29, 0.717) is 25.7 Å². The standard InChI is InChI=1S/C21H24Cl2N4O6/c22-14-4-1-5-15(23)19(14)20(32)25-16-6-7-17(29)26-8-2-3-13(27(26)21(16)33)10-24-12(11-28)9-18(30)31/h1,4-5,11-13,16,24H,2-3,6-10H2,(H,25,32)(H,30,31)/t12-,13-,16-/m0/s1. The number of hydrogen-bond donors (Lipinski definition) is 3. The Hall–Kier alpha value is -2.69. The van der Waals surface area contributed by atoms with E-state index in [0.717, 1.165) is 0 Å². The van der Waals surface area contributed by atoms with E-state index in [9.17, 15) is 24.0 Å². The lowest BCUT2D eigenvalue weighted by molar-refractivity contribution is -0.172. The van der Waals surface area contributed by atoms with E-state index < -0.39 is 42.3 Å². The van der Waals surface area contributed by atoms with Crippen molar-refractivity contribution >= 4 is 53.2 Å². The summed E-state index contributed by atoms with van der Waals surface area (Å²) in [5.74, 6) is -2.48. The zero-order valence-electron chi connectivity index (χ0n) is 17.6. The van der Waals surface area contributed by atoms with Crippen LogP contribution >= 0.6 is 23.2 Å². The second-order valence-electron chi connectivity index (χ2n) is 7.91. The number of aliphatic carboxylic acids is 1. The zero-order chi connectivity index (χ0) is 24.1. The van der Waals surface area contributed by atoms with Gasteiger partial charge in [0.05, 0.1) is 34.1 Å². The number of hydrogen-bond acceptors (Lipinski definition) is 6. The molecule has 0 aromatic heterocycles. The number of carboxylic acid groups (broad SMARTS) is 1. The van der Waals surface area contributed by atoms with Crippen molar-refractivity contribution in [3.8, 4) is 0 Å². The van der Waals surface area contributed by atoms with Gasteiger partial charge < -0.3 is 20.5 Å². The third-order valence-electron chi connectivity index (χ3n) is 5.64. The molecule has 3 N–H and O–H groups in total. The summed E-state index contributed by atoms with van der Waals surface area (Å²) >= 11 is 12.2. The van der Waals surface area contributed by atoms with Gasteiger partial charge in [-0.2, -0.15) is 0 Å². The molecule has 2 heterocycles. The molecule has 178 valence electrons. The lowest BCUT2D eigenvalue weighted by atomic mass is 10.1. The molecule has 0 bridgehead atoms. The highest BCUT2D eigenvalue weighted by atomic mass is 35.5. The van der Waals surface area contributed by atoms with Crippen LogP contribution in [0.25, 0.3) is 0 Å². The number of halogens is 2. The lowest BCUT2D eigenvalue weighted by Crippen LogP contribution is -2.62. The van der Waals surface area contributed by atoms with E-state index in [4.69, 9.17) is 28.3 Å². The van der Waals surface area contributed by atoms with E-state index in [1.807, 2.05) is 0 Å². The molecule has 1 aromatic carbocycles. The van der Waals surface area contributed by atoms with Crippen LogP contribution in [0, 0.1) is 0 Å². The molecule has 33 heavy (non-hydrogen) atoms. The number of nitrogens with one attached hydrogen (secondary N) is 2. The minimum absolute atomic E-state index is 0.0421. The van der Waals surface area contributed by atoms with Crippen LogP contribution in [0.2, 0.25) is 10.0 Å². The predicted octanol–water partition coefficient (Wildman–Crippen LogP) is 1.25. The molecule has 2 fully saturated rings. The van der Waals surface area contributed by atoms with Crippen molar-refractivity contribution in [2.75, 3.05) is 13.1 Å². The first-order valence-corrected chi connectivity index (χ1v) is 11.3. The minimum Gasteiger partial charge on any atom is -0.481 e. The smallest absolute Gasteiger partial charge is 0.305 e. The number of hydrazine groups is 1. The van der Waals surface area contributed by atoms with Gasteiger partial charge in [-0.25, -0.2) is 5.01 Å². The number of carbonyl (C=O) groups is 5. The lowest BCUT2D eigenvalue weighted by Gasteiger charge is -2.44. The Balaban J connectivity index is 1.78. The minimum atomic E-state index is -1.13. The number of amides is 3. The normalized spacial score (nSPS) is 21.8. The molecule has 0 saturated carbocycles. The van der Waals surface area contributed by atoms with Crippen molar-refractivity contribution in [2.45, 2.75) is 50.2 Å². The fraction of sp³-hybridized carbons (Fsp3) is 0.476. The Morgan fingerprint density at radius 2 is 1.91 bits per heavy atom. The van der Waals surface area contributed by atoms with Crippen LogP contribution in [0.1, 0.15) is 42.5 Å². The van der Waals surface area contributed by atoms with Crippen molar-refractivity contribution in [1.82, 2.24) is 20.7 Å². The fourth-order valence-corrected chi connectivity index (χ4v) is 4.61. The first kappa shape index (κ1) is 24.9. The number of benzene rings is 1. The molecule has 12 heteroatoms. The average Bonchev–Trinajstić information content (AvgIpc) is 2.88. The van der Waals surface area contributed by atoms with E-state index in [2.05, 4.69) is 10.6 Å². The van der Waals surface area contributed by atoms with Gasteiger partial charge in [0.25, 0.3) is 11.8 Å². The van der Waals surface area contributed by atoms with Crippen molar-refractivity contribution in [2.24, 2.45) is 0 Å². The monoisotopic (exact) mass is 498 g/mol. The van der Waals surface area contributed by atoms with Gasteiger partial charge in [-0.05, 0) is 31.4 Å². The maximum absolute atomic E-state index is 13.4. The third-order valence-corrected chi connectivity index (χ3v) is 6.27. The molecule has 3 atom stereocenters. The number of rotatable bonds is 8. The molecular weight excluding hydrogens is 475 g/mol. The predicted molar refractivity (Wildman–Crippen MR) is 119 cm³/mol. The Labute approximate surface area is 200 Å². The Morgan fingerprint density at radius 1 is 1.21 bits per heavy atom. The van der Waals surface area contributed by atoms with Crippen molar-refractivity contribution in [3.63, 3.8) is 0 Å². The first-order chi connectivity index (χ1) is 15.7. The number of nitrogens with zero attached hydrogens (tertiary/aromatic N) is 2. The topological polar surface area (TPSA) is 136 Å². The molecule has 3 amide bonds. The third kappa shape index (κ3) is 5.82. The van der Waals surface area contributed by atoms with Crippen molar-refractivity contribution < 1.29 is 29.1 Å². The highest BCUT2D eigenvalue weighted by Crippen LogP contribution is 2.27. The summed E-state index contributed by atoms with van der Waals surface area (Å²) in [5, 5.41) is 17.4. The zero-order valence-corrected chi connectivity index (χ0v) is 19.1. The van der Waals surface area contributed by atoms with Gasteiger partial charge in [-0.1, -0.05) is 29.3 Å². The molecule has 3 rings (SSSR count). The summed E-state index contributed by atoms with van der Waals surface area (Å²) in [6.07, 6.45) is 1.44. The molecule has 10 nitrogen and oxygen atoms in total. The van der Waals surface area contributed by atoms with Crippen LogP contribution in [0.3, 0.4) is 0 Å². The van der Waals surface area contributed by atoms with Crippen LogP contribution in [0.4, 0.5) is 0 Å². The maximum Gasteiger partial charge on any atom is 0.305 e. The van der Waals surface area contributed by atoms with Crippen LogP contribution in [0.15, 0.2) is 18.2 Å². The van der Waals surface area contributed by atoms with Crippen LogP contribution in [-0.2, 0) is 19.2 Å². The average molecular weight is 499 g/mol. The van der Waals surface area contributed by atoms with Crippen molar-refractivity contribution in [3.05, 3.63) is 33.8 Å². The first-order valence-electron chi connectivity index (χ1n) is 10.5. The second-order valence-corrected chi connectivity index (χ2v) is 8.72. The largest absolute Gasteiger partial charge is 0.481 e. The molecular formula is C21H24Cl2N4O6. The number of aldehydes is 1. The maximum atomic E-state index is 13.4. The summed E-state index contributed by atoms with van der Waals surface area (Å²) in [4.78, 5) is 61.1. The molecule has 0 aliphatic carbocycles. The van der Waals surface area contributed by atoms with Crippen LogP contribution in [0.5, 0.6) is 0 Å². The summed E-state index contributed by atoms with van der Waals surface area (Å²) in [6, 6.07) is 2.21. The molecule has 2 saturated heterocycles. The van der Waals surface area contributed by atoms with Gasteiger partial charge >= 0.3 is 5.97 Å². The fourth-order valence-electron chi connectivity index (χ4n) is 4.04. The SMILES string of the molecule is O=C[C@H](CC(=O)O)NC[C@@H]1CCCN2C(=O)CC[C@H](NC(=O)c3c(Cl)cccc3Cl)C(=O)N12. The highest BCUT2D eigenvalue weighted by Gasteiger charge is 2.42. The highest BCUT2D eigenvalue weighted by molar-refractivity contribution is 6.39. The van der Waals surface area contributed by atoms with Gasteiger partial charge in [-0.15, -0.1) is 0 Å². The quantitative estimate of drug-likeness (QED) is 0.458. The van der Waals surface area contributed by atoms with Gasteiger partial charge in [0, 0.05) is 19.5 Å². The number of carbonyl (C=O) groups excluding carboxylic acids is 4. The molecule has 2 aliphatic heterocycles. The Bertz CT molecular complexity index is 938. The van der Waals surface area contributed by atoms with Gasteiger partial charge in [-0.3, -0.25) is 24.2 Å². The Morgan fingerprint density at radius 3 is 2.55 bits per heavy atom. The molecule has 0 spiro atoms. The summed E-state index contributed by atoms with van der Waals surface area (Å²) in [7, 11) is 0. The molecule has 1 aromatic rings. The molecule has 0 radical (unpaired) electrons. The van der Waals surface area contributed by atoms with Gasteiger partial charge in [0.1, 0.15) is 12.3 Å². The van der Waals surface area contributed by atoms with Crippen molar-refractivity contribution in [1.29, 1.82) is 0 Å². The summed E-state index contributed by atoms with van der Waals surface area (Å²) in [5.41, 5.74) is 0.0421. The number of fused-ring (bicyclic) bond motifs is 1. The van der Waals surface area contributed by atoms with E-state index in [1.165, 1.54) is 22.2 Å². The van der Waals surface area contributed by atoms with E-state index in [-0.39, 0.29) is 40.9 Å². The summed E-state index contributed by atoms with van der Waals surface area (Å²) < 4.78 is 0. The van der Waals surface area contributed by atoms with E-state index in [1.54, 1.807) is 6.07 Å². The number of carboxylic acids is 1. The van der Waals surface area contributed by atoms with E-state index >= 15 is 0 Å². The summed E-state index contributed by atoms with van der Waals surface area (Å²) in [6.45, 7) is 0.466. The van der Waals surface area contributed by atoms with Crippen LogP contribution < -0.4 is 10.6 Å². The molecule has 0 unspecified atom stereocenters.